The molecule has 0 saturated heterocycles. The zero-order valence-electron chi connectivity index (χ0n) is 22.5. The second kappa shape index (κ2) is 11.4. The fourth-order valence-corrected chi connectivity index (χ4v) is 5.66. The van der Waals surface area contributed by atoms with E-state index in [0.29, 0.717) is 29.5 Å². The summed E-state index contributed by atoms with van der Waals surface area (Å²) in [5.74, 6) is -0.508. The molecule has 1 aromatic heterocycles. The van der Waals surface area contributed by atoms with E-state index in [-0.39, 0.29) is 30.2 Å². The summed E-state index contributed by atoms with van der Waals surface area (Å²) in [4.78, 5) is 28.5. The lowest BCUT2D eigenvalue weighted by Gasteiger charge is -2.44. The number of hydrogen-bond acceptors (Lipinski definition) is 5. The van der Waals surface area contributed by atoms with Crippen molar-refractivity contribution in [1.29, 1.82) is 5.26 Å². The first-order chi connectivity index (χ1) is 20.0. The van der Waals surface area contributed by atoms with Gasteiger partial charge in [-0.25, -0.2) is 9.18 Å². The zero-order chi connectivity index (χ0) is 28.3. The molecule has 2 aliphatic rings. The van der Waals surface area contributed by atoms with Crippen LogP contribution < -0.4 is 0 Å². The topological polar surface area (TPSA) is 88.2 Å². The van der Waals surface area contributed by atoms with Gasteiger partial charge in [-0.2, -0.15) is 15.0 Å². The van der Waals surface area contributed by atoms with E-state index in [1.165, 1.54) is 10.7 Å². The van der Waals surface area contributed by atoms with E-state index in [1.807, 2.05) is 41.3 Å². The SMILES string of the molecule is N#Cc1ccc(-c2ccc(C(=O)N(C3CCC3)C3CCc4nn(C(=O)OCc5ccccc5)cc4C3)cc2)c(F)c1. The molecule has 1 atom stereocenters. The first-order valence-electron chi connectivity index (χ1n) is 13.9. The summed E-state index contributed by atoms with van der Waals surface area (Å²) in [7, 11) is 0. The minimum Gasteiger partial charge on any atom is -0.443 e. The number of nitriles is 1. The fraction of sp³-hybridized carbons (Fsp3) is 0.273. The number of nitrogens with zero attached hydrogens (tertiary/aromatic N) is 4. The monoisotopic (exact) mass is 548 g/mol. The standard InChI is InChI=1S/C33H29FN4O3/c34-30-17-23(19-35)9-15-29(30)24-10-12-25(13-11-24)32(39)38(27-7-4-8-27)28-14-16-31-26(18-28)20-37(36-31)33(40)41-21-22-5-2-1-3-6-22/h1-3,5-6,9-13,15,17,20,27-28H,4,7-8,14,16,18,21H2. The van der Waals surface area contributed by atoms with Gasteiger partial charge in [0.05, 0.1) is 17.3 Å². The highest BCUT2D eigenvalue weighted by Gasteiger charge is 2.37. The normalized spacial score (nSPS) is 16.2. The number of amides is 1. The Labute approximate surface area is 237 Å². The predicted molar refractivity (Wildman–Crippen MR) is 150 cm³/mol. The summed E-state index contributed by atoms with van der Waals surface area (Å²) >= 11 is 0. The molecule has 0 N–H and O–H groups in total. The third kappa shape index (κ3) is 5.48. The molecule has 1 amide bonds. The maximum absolute atomic E-state index is 14.5. The average Bonchev–Trinajstić information content (AvgIpc) is 3.41. The van der Waals surface area contributed by atoms with Gasteiger partial charge in [0.25, 0.3) is 5.91 Å². The molecule has 3 aromatic carbocycles. The van der Waals surface area contributed by atoms with Crippen LogP contribution in [0.5, 0.6) is 0 Å². The molecule has 0 bridgehead atoms. The number of carbonyl (C=O) groups is 2. The van der Waals surface area contributed by atoms with E-state index in [0.717, 1.165) is 42.5 Å². The number of aryl methyl sites for hydroxylation is 1. The summed E-state index contributed by atoms with van der Waals surface area (Å²) in [6.45, 7) is 0.174. The van der Waals surface area contributed by atoms with Crippen molar-refractivity contribution in [2.24, 2.45) is 0 Å². The molecule has 1 heterocycles. The number of rotatable bonds is 6. The molecule has 41 heavy (non-hydrogen) atoms. The van der Waals surface area contributed by atoms with Crippen LogP contribution in [0.2, 0.25) is 0 Å². The van der Waals surface area contributed by atoms with Crippen LogP contribution in [-0.2, 0) is 24.2 Å². The lowest BCUT2D eigenvalue weighted by Crippen LogP contribution is -2.51. The first kappa shape index (κ1) is 26.5. The molecule has 4 aromatic rings. The number of benzene rings is 3. The molecule has 1 saturated carbocycles. The minimum absolute atomic E-state index is 0.00561. The average molecular weight is 549 g/mol. The highest BCUT2D eigenvalue weighted by atomic mass is 19.1. The number of carbonyl (C=O) groups excluding carboxylic acids is 2. The summed E-state index contributed by atoms with van der Waals surface area (Å²) < 4.78 is 21.3. The van der Waals surface area contributed by atoms with Crippen molar-refractivity contribution in [1.82, 2.24) is 14.7 Å². The molecule has 1 fully saturated rings. The Kier molecular flexibility index (Phi) is 7.34. The van der Waals surface area contributed by atoms with Gasteiger partial charge in [-0.15, -0.1) is 0 Å². The van der Waals surface area contributed by atoms with Crippen LogP contribution in [0.3, 0.4) is 0 Å². The van der Waals surface area contributed by atoms with Gasteiger partial charge >= 0.3 is 6.09 Å². The van der Waals surface area contributed by atoms with Crippen LogP contribution in [0.1, 0.15) is 58.4 Å². The van der Waals surface area contributed by atoms with E-state index in [1.54, 1.807) is 42.6 Å². The Bertz CT molecular complexity index is 1620. The quantitative estimate of drug-likeness (QED) is 0.282. The molecule has 7 nitrogen and oxygen atoms in total. The number of fused-ring (bicyclic) bond motifs is 1. The van der Waals surface area contributed by atoms with Crippen molar-refractivity contribution in [3.8, 4) is 17.2 Å². The van der Waals surface area contributed by atoms with Crippen LogP contribution in [0.25, 0.3) is 11.1 Å². The Morgan fingerprint density at radius 3 is 2.49 bits per heavy atom. The molecule has 0 radical (unpaired) electrons. The van der Waals surface area contributed by atoms with Crippen molar-refractivity contribution >= 4 is 12.0 Å². The molecule has 0 aliphatic heterocycles. The Morgan fingerprint density at radius 2 is 1.80 bits per heavy atom. The van der Waals surface area contributed by atoms with Crippen molar-refractivity contribution in [3.05, 3.63) is 113 Å². The maximum atomic E-state index is 14.5. The second-order valence-corrected chi connectivity index (χ2v) is 10.7. The molecule has 1 unspecified atom stereocenters. The van der Waals surface area contributed by atoms with Crippen LogP contribution in [0.4, 0.5) is 9.18 Å². The summed E-state index contributed by atoms with van der Waals surface area (Å²) in [5.41, 5.74) is 4.59. The molecule has 6 rings (SSSR count). The van der Waals surface area contributed by atoms with Crippen molar-refractivity contribution in [2.75, 3.05) is 0 Å². The van der Waals surface area contributed by atoms with Gasteiger partial charge in [-0.1, -0.05) is 48.5 Å². The zero-order valence-corrected chi connectivity index (χ0v) is 22.5. The predicted octanol–water partition coefficient (Wildman–Crippen LogP) is 6.30. The Balaban J connectivity index is 1.17. The number of hydrogen-bond donors (Lipinski definition) is 0. The smallest absolute Gasteiger partial charge is 0.435 e. The van der Waals surface area contributed by atoms with E-state index < -0.39 is 11.9 Å². The molecule has 0 spiro atoms. The van der Waals surface area contributed by atoms with Crippen LogP contribution in [-0.4, -0.2) is 38.8 Å². The van der Waals surface area contributed by atoms with Crippen molar-refractivity contribution in [2.45, 2.75) is 57.2 Å². The molecular weight excluding hydrogens is 519 g/mol. The molecule has 8 heteroatoms. The van der Waals surface area contributed by atoms with Gasteiger partial charge in [0.2, 0.25) is 0 Å². The van der Waals surface area contributed by atoms with Gasteiger partial charge in [0.1, 0.15) is 12.4 Å². The second-order valence-electron chi connectivity index (χ2n) is 10.7. The Hall–Kier alpha value is -4.77. The number of ether oxygens (including phenoxy) is 1. The van der Waals surface area contributed by atoms with Crippen LogP contribution in [0.15, 0.2) is 79.0 Å². The fourth-order valence-electron chi connectivity index (χ4n) is 5.66. The highest BCUT2D eigenvalue weighted by molar-refractivity contribution is 5.95. The molecule has 206 valence electrons. The minimum atomic E-state index is -0.523. The number of aromatic nitrogens is 2. The van der Waals surface area contributed by atoms with E-state index in [2.05, 4.69) is 5.10 Å². The van der Waals surface area contributed by atoms with Crippen molar-refractivity contribution < 1.29 is 18.7 Å². The van der Waals surface area contributed by atoms with Crippen LogP contribution in [0, 0.1) is 17.1 Å². The van der Waals surface area contributed by atoms with Gasteiger partial charge in [-0.05, 0) is 79.5 Å². The lowest BCUT2D eigenvalue weighted by atomic mass is 9.85. The van der Waals surface area contributed by atoms with Crippen molar-refractivity contribution in [3.63, 3.8) is 0 Å². The third-order valence-corrected chi connectivity index (χ3v) is 8.08. The summed E-state index contributed by atoms with van der Waals surface area (Å²) in [6.07, 6.45) is 6.30. The molecular formula is C33H29FN4O3. The van der Waals surface area contributed by atoms with Gasteiger partial charge < -0.3 is 9.64 Å². The van der Waals surface area contributed by atoms with Gasteiger partial charge in [0, 0.05) is 29.4 Å². The van der Waals surface area contributed by atoms with Gasteiger partial charge in [-0.3, -0.25) is 4.79 Å². The molecule has 2 aliphatic carbocycles. The summed E-state index contributed by atoms with van der Waals surface area (Å²) in [6, 6.07) is 23.0. The largest absolute Gasteiger partial charge is 0.443 e. The lowest BCUT2D eigenvalue weighted by molar-refractivity contribution is 0.0413. The van der Waals surface area contributed by atoms with Crippen LogP contribution >= 0.6 is 0 Å². The van der Waals surface area contributed by atoms with E-state index in [9.17, 15) is 14.0 Å². The summed E-state index contributed by atoms with van der Waals surface area (Å²) in [5, 5.41) is 13.5. The maximum Gasteiger partial charge on any atom is 0.435 e. The third-order valence-electron chi connectivity index (χ3n) is 8.08. The van der Waals surface area contributed by atoms with E-state index in [4.69, 9.17) is 10.00 Å². The van der Waals surface area contributed by atoms with E-state index >= 15 is 0 Å². The highest BCUT2D eigenvalue weighted by Crippen LogP contribution is 2.34. The Morgan fingerprint density at radius 1 is 1.02 bits per heavy atom. The number of halogens is 1. The van der Waals surface area contributed by atoms with Gasteiger partial charge in [0.15, 0.2) is 0 Å². The first-order valence-corrected chi connectivity index (χ1v) is 13.9.